The maximum absolute atomic E-state index is 12.4. The van der Waals surface area contributed by atoms with Crippen molar-refractivity contribution < 1.29 is 14.1 Å². The molecule has 0 saturated heterocycles. The maximum Gasteiger partial charge on any atom is 0.255 e. The third kappa shape index (κ3) is 2.75. The standard InChI is InChI=1S/C15H17N3O3/c1-2-7-20-10-13-12-9-18(6-4-14(12)21-17-13)15(19)11-3-5-16-8-11/h2-3,5,8,16H,1,4,6-7,9-10H2. The molecule has 0 saturated carbocycles. The molecule has 2 aromatic heterocycles. The molecular formula is C15H17N3O3. The molecule has 6 heteroatoms. The quantitative estimate of drug-likeness (QED) is 0.673. The predicted octanol–water partition coefficient (Wildman–Crippen LogP) is 1.90. The average Bonchev–Trinajstić information content (AvgIpc) is 3.16. The van der Waals surface area contributed by atoms with Crippen molar-refractivity contribution in [2.75, 3.05) is 13.2 Å². The number of hydrogen-bond acceptors (Lipinski definition) is 4. The number of nitrogens with zero attached hydrogens (tertiary/aromatic N) is 2. The maximum atomic E-state index is 12.4. The van der Waals surface area contributed by atoms with Crippen molar-refractivity contribution in [1.82, 2.24) is 15.0 Å². The molecule has 0 spiro atoms. The van der Waals surface area contributed by atoms with Gasteiger partial charge in [-0.25, -0.2) is 0 Å². The van der Waals surface area contributed by atoms with Gasteiger partial charge in [0.05, 0.1) is 25.3 Å². The van der Waals surface area contributed by atoms with Crippen LogP contribution in [-0.2, 0) is 24.3 Å². The molecule has 1 aliphatic heterocycles. The highest BCUT2D eigenvalue weighted by molar-refractivity contribution is 5.94. The lowest BCUT2D eigenvalue weighted by Gasteiger charge is -2.25. The van der Waals surface area contributed by atoms with Crippen LogP contribution in [0, 0.1) is 0 Å². The number of H-pyrrole nitrogens is 1. The average molecular weight is 287 g/mol. The third-order valence-corrected chi connectivity index (χ3v) is 3.52. The topological polar surface area (TPSA) is 71.4 Å². The van der Waals surface area contributed by atoms with Crippen LogP contribution in [0.25, 0.3) is 0 Å². The summed E-state index contributed by atoms with van der Waals surface area (Å²) in [5.41, 5.74) is 2.40. The number of rotatable bonds is 5. The lowest BCUT2D eigenvalue weighted by atomic mass is 10.1. The predicted molar refractivity (Wildman–Crippen MR) is 75.6 cm³/mol. The van der Waals surface area contributed by atoms with Crippen molar-refractivity contribution in [2.24, 2.45) is 0 Å². The van der Waals surface area contributed by atoms with Gasteiger partial charge in [-0.2, -0.15) is 0 Å². The zero-order valence-corrected chi connectivity index (χ0v) is 11.7. The fraction of sp³-hybridized carbons (Fsp3) is 0.333. The molecule has 3 heterocycles. The summed E-state index contributed by atoms with van der Waals surface area (Å²) < 4.78 is 10.7. The van der Waals surface area contributed by atoms with Crippen LogP contribution in [0.4, 0.5) is 0 Å². The van der Waals surface area contributed by atoms with Crippen LogP contribution in [0.3, 0.4) is 0 Å². The number of hydrogen-bond donors (Lipinski definition) is 1. The van der Waals surface area contributed by atoms with Crippen molar-refractivity contribution in [2.45, 2.75) is 19.6 Å². The highest BCUT2D eigenvalue weighted by Gasteiger charge is 2.27. The minimum atomic E-state index is 0.0149. The molecule has 1 aliphatic rings. The second kappa shape index (κ2) is 5.97. The Balaban J connectivity index is 1.73. The molecule has 21 heavy (non-hydrogen) atoms. The van der Waals surface area contributed by atoms with Crippen LogP contribution in [0.2, 0.25) is 0 Å². The molecule has 1 amide bonds. The molecule has 2 aromatic rings. The Hall–Kier alpha value is -2.34. The second-order valence-corrected chi connectivity index (χ2v) is 4.91. The highest BCUT2D eigenvalue weighted by Crippen LogP contribution is 2.24. The van der Waals surface area contributed by atoms with Crippen molar-refractivity contribution in [3.63, 3.8) is 0 Å². The van der Waals surface area contributed by atoms with Crippen LogP contribution in [0.15, 0.2) is 35.6 Å². The summed E-state index contributed by atoms with van der Waals surface area (Å²) in [7, 11) is 0. The van der Waals surface area contributed by atoms with E-state index in [2.05, 4.69) is 16.7 Å². The van der Waals surface area contributed by atoms with Gasteiger partial charge in [-0.05, 0) is 6.07 Å². The Morgan fingerprint density at radius 1 is 1.62 bits per heavy atom. The number of aromatic nitrogens is 2. The number of ether oxygens (including phenoxy) is 1. The van der Waals surface area contributed by atoms with E-state index in [0.29, 0.717) is 38.3 Å². The molecule has 0 unspecified atom stereocenters. The molecule has 0 radical (unpaired) electrons. The first-order valence-electron chi connectivity index (χ1n) is 6.86. The van der Waals surface area contributed by atoms with Crippen LogP contribution >= 0.6 is 0 Å². The molecule has 0 aliphatic carbocycles. The smallest absolute Gasteiger partial charge is 0.255 e. The van der Waals surface area contributed by atoms with Crippen LogP contribution in [0.1, 0.15) is 27.4 Å². The van der Waals surface area contributed by atoms with Gasteiger partial charge in [-0.15, -0.1) is 6.58 Å². The fourth-order valence-corrected chi connectivity index (χ4v) is 2.43. The van der Waals surface area contributed by atoms with E-state index in [1.54, 1.807) is 29.4 Å². The van der Waals surface area contributed by atoms with Gasteiger partial charge in [0.15, 0.2) is 0 Å². The van der Waals surface area contributed by atoms with Crippen LogP contribution in [0.5, 0.6) is 0 Å². The monoisotopic (exact) mass is 287 g/mol. The zero-order valence-electron chi connectivity index (χ0n) is 11.7. The van der Waals surface area contributed by atoms with Gasteiger partial charge < -0.3 is 19.1 Å². The number of carbonyl (C=O) groups excluding carboxylic acids is 1. The Morgan fingerprint density at radius 2 is 2.52 bits per heavy atom. The lowest BCUT2D eigenvalue weighted by molar-refractivity contribution is 0.0727. The number of nitrogens with one attached hydrogen (secondary N) is 1. The van der Waals surface area contributed by atoms with Gasteiger partial charge in [-0.1, -0.05) is 11.2 Å². The molecule has 3 rings (SSSR count). The fourth-order valence-electron chi connectivity index (χ4n) is 2.43. The first-order valence-corrected chi connectivity index (χ1v) is 6.86. The Labute approximate surface area is 122 Å². The van der Waals surface area contributed by atoms with E-state index in [-0.39, 0.29) is 5.91 Å². The minimum Gasteiger partial charge on any atom is -0.371 e. The Bertz CT molecular complexity index is 631. The van der Waals surface area contributed by atoms with Gasteiger partial charge >= 0.3 is 0 Å². The third-order valence-electron chi connectivity index (χ3n) is 3.52. The number of amides is 1. The normalized spacial score (nSPS) is 14.0. The highest BCUT2D eigenvalue weighted by atomic mass is 16.5. The number of fused-ring (bicyclic) bond motifs is 1. The van der Waals surface area contributed by atoms with E-state index in [0.717, 1.165) is 17.0 Å². The van der Waals surface area contributed by atoms with E-state index in [1.165, 1.54) is 0 Å². The van der Waals surface area contributed by atoms with Gasteiger partial charge in [0.2, 0.25) is 0 Å². The summed E-state index contributed by atoms with van der Waals surface area (Å²) in [6.45, 7) is 5.59. The van der Waals surface area contributed by atoms with Gasteiger partial charge in [0.1, 0.15) is 11.5 Å². The summed E-state index contributed by atoms with van der Waals surface area (Å²) in [6, 6.07) is 1.78. The first kappa shape index (κ1) is 13.6. The van der Waals surface area contributed by atoms with E-state index < -0.39 is 0 Å². The van der Waals surface area contributed by atoms with Crippen molar-refractivity contribution in [1.29, 1.82) is 0 Å². The van der Waals surface area contributed by atoms with Gasteiger partial charge in [0.25, 0.3) is 5.91 Å². The molecule has 0 bridgehead atoms. The number of carbonyl (C=O) groups is 1. The molecule has 110 valence electrons. The minimum absolute atomic E-state index is 0.0149. The summed E-state index contributed by atoms with van der Waals surface area (Å²) in [4.78, 5) is 17.1. The van der Waals surface area contributed by atoms with Crippen LogP contribution in [-0.4, -0.2) is 34.1 Å². The number of aromatic amines is 1. The Morgan fingerprint density at radius 3 is 3.29 bits per heavy atom. The van der Waals surface area contributed by atoms with E-state index >= 15 is 0 Å². The largest absolute Gasteiger partial charge is 0.371 e. The molecule has 0 aromatic carbocycles. The molecule has 0 fully saturated rings. The molecular weight excluding hydrogens is 270 g/mol. The summed E-state index contributed by atoms with van der Waals surface area (Å²) >= 11 is 0. The van der Waals surface area contributed by atoms with E-state index in [4.69, 9.17) is 9.26 Å². The van der Waals surface area contributed by atoms with E-state index in [1.807, 2.05) is 0 Å². The lowest BCUT2D eigenvalue weighted by Crippen LogP contribution is -2.35. The summed E-state index contributed by atoms with van der Waals surface area (Å²) in [6.07, 6.45) is 5.82. The zero-order chi connectivity index (χ0) is 14.7. The Kier molecular flexibility index (Phi) is 3.87. The van der Waals surface area contributed by atoms with Crippen molar-refractivity contribution >= 4 is 5.91 Å². The van der Waals surface area contributed by atoms with E-state index in [9.17, 15) is 4.79 Å². The summed E-state index contributed by atoms with van der Waals surface area (Å²) in [5, 5.41) is 4.05. The van der Waals surface area contributed by atoms with Gasteiger partial charge in [0, 0.05) is 30.9 Å². The molecule has 1 N–H and O–H groups in total. The van der Waals surface area contributed by atoms with Crippen molar-refractivity contribution in [3.05, 3.63) is 53.7 Å². The first-order chi connectivity index (χ1) is 10.3. The van der Waals surface area contributed by atoms with Crippen LogP contribution < -0.4 is 0 Å². The SMILES string of the molecule is C=CCOCc1noc2c1CN(C(=O)c1cc[nH]c1)CC2. The second-order valence-electron chi connectivity index (χ2n) is 4.91. The molecule has 0 atom stereocenters. The van der Waals surface area contributed by atoms with Gasteiger partial charge in [-0.3, -0.25) is 4.79 Å². The molecule has 6 nitrogen and oxygen atoms in total. The van der Waals surface area contributed by atoms with Crippen molar-refractivity contribution in [3.8, 4) is 0 Å². The summed E-state index contributed by atoms with van der Waals surface area (Å²) in [5.74, 6) is 0.867.